The Bertz CT molecular complexity index is 958. The summed E-state index contributed by atoms with van der Waals surface area (Å²) in [5.41, 5.74) is 1.61. The average molecular weight is 394 g/mol. The molecule has 4 rings (SSSR count). The van der Waals surface area contributed by atoms with Gasteiger partial charge >= 0.3 is 0 Å². The van der Waals surface area contributed by atoms with Gasteiger partial charge in [-0.1, -0.05) is 18.2 Å². The fraction of sp³-hybridized carbons (Fsp3) is 0.381. The lowest BCUT2D eigenvalue weighted by molar-refractivity contribution is -0.124. The van der Waals surface area contributed by atoms with E-state index in [1.807, 2.05) is 42.6 Å². The standard InChI is InChI=1S/C21H26N6O2/c1-14(28)18(25-15-6-3-2-4-7-15)21(29)26-16-8-5-11-27(12-16)20-17-9-10-22-19(17)23-13-24-20/h2-4,6-7,9-10,13-14,16,18,25,28H,5,8,11-12H2,1H3,(H,26,29)(H,22,23,24)/t14-,16?,18-/m1/s1. The van der Waals surface area contributed by atoms with Crippen LogP contribution in [-0.4, -0.2) is 57.2 Å². The van der Waals surface area contributed by atoms with Crippen molar-refractivity contribution in [2.45, 2.75) is 38.0 Å². The Hall–Kier alpha value is -3.13. The number of nitrogens with zero attached hydrogens (tertiary/aromatic N) is 3. The largest absolute Gasteiger partial charge is 0.391 e. The Balaban J connectivity index is 1.44. The molecule has 0 spiro atoms. The quantitative estimate of drug-likeness (QED) is 0.509. The predicted molar refractivity (Wildman–Crippen MR) is 113 cm³/mol. The maximum absolute atomic E-state index is 12.9. The molecule has 0 aliphatic carbocycles. The first kappa shape index (κ1) is 19.2. The molecule has 1 saturated heterocycles. The summed E-state index contributed by atoms with van der Waals surface area (Å²) in [5, 5.41) is 17.4. The summed E-state index contributed by atoms with van der Waals surface area (Å²) in [6.45, 7) is 3.17. The van der Waals surface area contributed by atoms with E-state index >= 15 is 0 Å². The van der Waals surface area contributed by atoms with Gasteiger partial charge in [0.25, 0.3) is 0 Å². The third-order valence-corrected chi connectivity index (χ3v) is 5.26. The second-order valence-electron chi connectivity index (χ2n) is 7.46. The van der Waals surface area contributed by atoms with Crippen LogP contribution in [0.3, 0.4) is 0 Å². The Morgan fingerprint density at radius 1 is 1.28 bits per heavy atom. The van der Waals surface area contributed by atoms with E-state index in [-0.39, 0.29) is 11.9 Å². The van der Waals surface area contributed by atoms with E-state index in [9.17, 15) is 9.90 Å². The Morgan fingerprint density at radius 3 is 2.90 bits per heavy atom. The average Bonchev–Trinajstić information content (AvgIpc) is 3.21. The number of carbonyl (C=O) groups excluding carboxylic acids is 1. The van der Waals surface area contributed by atoms with Crippen LogP contribution in [0.2, 0.25) is 0 Å². The Kier molecular flexibility index (Phi) is 5.62. The van der Waals surface area contributed by atoms with Crippen molar-refractivity contribution >= 4 is 28.4 Å². The number of nitrogens with one attached hydrogen (secondary N) is 3. The zero-order chi connectivity index (χ0) is 20.2. The highest BCUT2D eigenvalue weighted by Gasteiger charge is 2.29. The molecular formula is C21H26N6O2. The molecule has 1 aliphatic heterocycles. The summed E-state index contributed by atoms with van der Waals surface area (Å²) in [6, 6.07) is 10.7. The minimum atomic E-state index is -0.823. The first-order chi connectivity index (χ1) is 14.1. The van der Waals surface area contributed by atoms with Crippen LogP contribution < -0.4 is 15.5 Å². The summed E-state index contributed by atoms with van der Waals surface area (Å²) in [6.07, 6.45) is 4.43. The van der Waals surface area contributed by atoms with Gasteiger partial charge in [0.15, 0.2) is 0 Å². The normalized spacial score (nSPS) is 19.0. The summed E-state index contributed by atoms with van der Waals surface area (Å²) in [4.78, 5) is 26.9. The molecule has 0 saturated carbocycles. The molecule has 29 heavy (non-hydrogen) atoms. The van der Waals surface area contributed by atoms with Crippen LogP contribution in [0.4, 0.5) is 11.5 Å². The predicted octanol–water partition coefficient (Wildman–Crippen LogP) is 1.90. The summed E-state index contributed by atoms with van der Waals surface area (Å²) in [5.74, 6) is 0.676. The number of aliphatic hydroxyl groups is 1. The van der Waals surface area contributed by atoms with Gasteiger partial charge in [-0.15, -0.1) is 0 Å². The number of anilines is 2. The van der Waals surface area contributed by atoms with E-state index in [0.717, 1.165) is 41.9 Å². The highest BCUT2D eigenvalue weighted by atomic mass is 16.3. The van der Waals surface area contributed by atoms with Crippen molar-refractivity contribution in [2.75, 3.05) is 23.3 Å². The van der Waals surface area contributed by atoms with Crippen molar-refractivity contribution in [1.29, 1.82) is 0 Å². The van der Waals surface area contributed by atoms with Crippen molar-refractivity contribution in [3.8, 4) is 0 Å². The minimum absolute atomic E-state index is 0.0148. The monoisotopic (exact) mass is 394 g/mol. The van der Waals surface area contributed by atoms with E-state index in [4.69, 9.17) is 0 Å². The van der Waals surface area contributed by atoms with Gasteiger partial charge in [-0.3, -0.25) is 4.79 Å². The molecule has 1 aromatic carbocycles. The number of fused-ring (bicyclic) bond motifs is 1. The number of para-hydroxylation sites is 1. The molecule has 1 amide bonds. The summed E-state index contributed by atoms with van der Waals surface area (Å²) in [7, 11) is 0. The fourth-order valence-electron chi connectivity index (χ4n) is 3.81. The molecule has 152 valence electrons. The van der Waals surface area contributed by atoms with Crippen molar-refractivity contribution in [3.63, 3.8) is 0 Å². The Labute approximate surface area is 169 Å². The maximum Gasteiger partial charge on any atom is 0.245 e. The van der Waals surface area contributed by atoms with E-state index < -0.39 is 12.1 Å². The molecule has 0 radical (unpaired) electrons. The van der Waals surface area contributed by atoms with E-state index in [1.165, 1.54) is 0 Å². The topological polar surface area (TPSA) is 106 Å². The van der Waals surface area contributed by atoms with Gasteiger partial charge in [0.1, 0.15) is 23.8 Å². The Morgan fingerprint density at radius 2 is 2.10 bits per heavy atom. The van der Waals surface area contributed by atoms with Gasteiger partial charge in [0.05, 0.1) is 11.5 Å². The molecule has 3 heterocycles. The number of benzene rings is 1. The smallest absolute Gasteiger partial charge is 0.245 e. The number of aromatic amines is 1. The van der Waals surface area contributed by atoms with Gasteiger partial charge in [-0.25, -0.2) is 9.97 Å². The van der Waals surface area contributed by atoms with Crippen LogP contribution in [0.5, 0.6) is 0 Å². The fourth-order valence-corrected chi connectivity index (χ4v) is 3.81. The lowest BCUT2D eigenvalue weighted by Crippen LogP contribution is -2.54. The lowest BCUT2D eigenvalue weighted by atomic mass is 10.0. The van der Waals surface area contributed by atoms with Crippen LogP contribution in [0.1, 0.15) is 19.8 Å². The molecule has 3 aromatic rings. The first-order valence-corrected chi connectivity index (χ1v) is 9.95. The number of aromatic nitrogens is 3. The molecule has 4 N–H and O–H groups in total. The van der Waals surface area contributed by atoms with Crippen LogP contribution in [0.15, 0.2) is 48.9 Å². The number of H-pyrrole nitrogens is 1. The summed E-state index contributed by atoms with van der Waals surface area (Å²) >= 11 is 0. The highest BCUT2D eigenvalue weighted by molar-refractivity contribution is 5.88. The molecule has 8 nitrogen and oxygen atoms in total. The highest BCUT2D eigenvalue weighted by Crippen LogP contribution is 2.25. The number of piperidine rings is 1. The molecule has 3 atom stereocenters. The van der Waals surface area contributed by atoms with Crippen LogP contribution in [0, 0.1) is 0 Å². The van der Waals surface area contributed by atoms with Crippen LogP contribution in [0.25, 0.3) is 11.0 Å². The first-order valence-electron chi connectivity index (χ1n) is 9.95. The van der Waals surface area contributed by atoms with E-state index in [0.29, 0.717) is 6.54 Å². The van der Waals surface area contributed by atoms with Crippen molar-refractivity contribution in [2.24, 2.45) is 0 Å². The zero-order valence-electron chi connectivity index (χ0n) is 16.4. The number of rotatable bonds is 6. The maximum atomic E-state index is 12.9. The second-order valence-corrected chi connectivity index (χ2v) is 7.46. The summed E-state index contributed by atoms with van der Waals surface area (Å²) < 4.78 is 0. The second kappa shape index (κ2) is 8.48. The molecule has 1 unspecified atom stereocenters. The minimum Gasteiger partial charge on any atom is -0.391 e. The zero-order valence-corrected chi connectivity index (χ0v) is 16.4. The molecule has 1 aliphatic rings. The van der Waals surface area contributed by atoms with Crippen molar-refractivity contribution in [1.82, 2.24) is 20.3 Å². The number of amides is 1. The van der Waals surface area contributed by atoms with E-state index in [2.05, 4.69) is 30.5 Å². The third kappa shape index (κ3) is 4.32. The van der Waals surface area contributed by atoms with Gasteiger partial charge in [0.2, 0.25) is 5.91 Å². The van der Waals surface area contributed by atoms with Crippen LogP contribution >= 0.6 is 0 Å². The van der Waals surface area contributed by atoms with Gasteiger partial charge in [-0.05, 0) is 38.0 Å². The molecule has 2 aromatic heterocycles. The SMILES string of the molecule is C[C@@H](O)[C@@H](Nc1ccccc1)C(=O)NC1CCCN(c2ncnc3[nH]ccc23)C1. The number of hydrogen-bond donors (Lipinski definition) is 4. The molecule has 8 heteroatoms. The van der Waals surface area contributed by atoms with Gasteiger partial charge in [0, 0.05) is 31.0 Å². The van der Waals surface area contributed by atoms with Gasteiger partial charge in [-0.2, -0.15) is 0 Å². The van der Waals surface area contributed by atoms with Crippen LogP contribution in [-0.2, 0) is 4.79 Å². The number of aliphatic hydroxyl groups excluding tert-OH is 1. The van der Waals surface area contributed by atoms with Crippen molar-refractivity contribution in [3.05, 3.63) is 48.9 Å². The van der Waals surface area contributed by atoms with Gasteiger partial charge < -0.3 is 25.6 Å². The number of carbonyl (C=O) groups is 1. The van der Waals surface area contributed by atoms with Crippen molar-refractivity contribution < 1.29 is 9.90 Å². The number of hydrogen-bond acceptors (Lipinski definition) is 6. The molecule has 1 fully saturated rings. The molecular weight excluding hydrogens is 368 g/mol. The molecule has 0 bridgehead atoms. The lowest BCUT2D eigenvalue weighted by Gasteiger charge is -2.35. The third-order valence-electron chi connectivity index (χ3n) is 5.26. The van der Waals surface area contributed by atoms with E-state index in [1.54, 1.807) is 13.3 Å².